The monoisotopic (exact) mass is 242 g/mol. The van der Waals surface area contributed by atoms with Gasteiger partial charge in [0.15, 0.2) is 0 Å². The number of sulfonamides is 1. The van der Waals surface area contributed by atoms with E-state index in [-0.39, 0.29) is 0 Å². The Bertz CT molecular complexity index is 500. The highest BCUT2D eigenvalue weighted by Gasteiger charge is 2.22. The van der Waals surface area contributed by atoms with Crippen molar-refractivity contribution < 1.29 is 8.42 Å². The molecule has 6 nitrogen and oxygen atoms in total. The lowest BCUT2D eigenvalue weighted by Gasteiger charge is -2.16. The predicted octanol–water partition coefficient (Wildman–Crippen LogP) is -0.0279. The molecular weight excluding hydrogens is 228 g/mol. The number of nitrogens with zero attached hydrogens (tertiary/aromatic N) is 3. The first-order chi connectivity index (χ1) is 7.47. The lowest BCUT2D eigenvalue weighted by atomic mass is 10.3. The first-order valence-electron chi connectivity index (χ1n) is 4.98. The van der Waals surface area contributed by atoms with Crippen LogP contribution in [0, 0.1) is 6.92 Å². The number of anilines is 1. The van der Waals surface area contributed by atoms with E-state index in [0.717, 1.165) is 11.4 Å². The summed E-state index contributed by atoms with van der Waals surface area (Å²) < 4.78 is 24.4. The Kier molecular flexibility index (Phi) is 2.81. The van der Waals surface area contributed by atoms with Crippen LogP contribution in [0.3, 0.4) is 0 Å². The fourth-order valence-electron chi connectivity index (χ4n) is 1.63. The molecule has 0 spiro atoms. The Hall–Kier alpha value is -1.21. The van der Waals surface area contributed by atoms with Gasteiger partial charge in [-0.3, -0.25) is 0 Å². The second-order valence-electron chi connectivity index (χ2n) is 3.80. The van der Waals surface area contributed by atoms with E-state index >= 15 is 0 Å². The molecule has 88 valence electrons. The average Bonchev–Trinajstić information content (AvgIpc) is 2.38. The van der Waals surface area contributed by atoms with Crippen molar-refractivity contribution in [1.29, 1.82) is 0 Å². The molecule has 2 heterocycles. The summed E-state index contributed by atoms with van der Waals surface area (Å²) in [5.41, 5.74) is 1.55. The standard InChI is InChI=1S/C9H14N4O2S/c1-7-11-5-8-9(12-7)6-13(4-3-10-8)16(2,14)15/h5,10H,3-4,6H2,1-2H3. The van der Waals surface area contributed by atoms with Gasteiger partial charge in [-0.1, -0.05) is 0 Å². The minimum atomic E-state index is -3.17. The van der Waals surface area contributed by atoms with Gasteiger partial charge in [-0.2, -0.15) is 4.31 Å². The van der Waals surface area contributed by atoms with Gasteiger partial charge in [0.1, 0.15) is 5.82 Å². The Morgan fingerprint density at radius 3 is 2.94 bits per heavy atom. The number of aryl methyl sites for hydroxylation is 1. The van der Waals surface area contributed by atoms with Crippen LogP contribution in [0.4, 0.5) is 5.69 Å². The average molecular weight is 242 g/mol. The Morgan fingerprint density at radius 2 is 2.25 bits per heavy atom. The van der Waals surface area contributed by atoms with E-state index < -0.39 is 10.0 Å². The summed E-state index contributed by atoms with van der Waals surface area (Å²) >= 11 is 0. The second kappa shape index (κ2) is 3.99. The van der Waals surface area contributed by atoms with Crippen molar-refractivity contribution in [2.24, 2.45) is 0 Å². The van der Waals surface area contributed by atoms with E-state index in [1.165, 1.54) is 10.6 Å². The highest BCUT2D eigenvalue weighted by Crippen LogP contribution is 2.18. The number of aromatic nitrogens is 2. The zero-order valence-electron chi connectivity index (χ0n) is 9.27. The molecule has 0 saturated carbocycles. The highest BCUT2D eigenvalue weighted by atomic mass is 32.2. The Morgan fingerprint density at radius 1 is 1.50 bits per heavy atom. The molecule has 7 heteroatoms. The molecule has 1 N–H and O–H groups in total. The van der Waals surface area contributed by atoms with Crippen molar-refractivity contribution in [2.45, 2.75) is 13.5 Å². The van der Waals surface area contributed by atoms with Crippen molar-refractivity contribution in [3.8, 4) is 0 Å². The molecule has 1 aliphatic heterocycles. The molecular formula is C9H14N4O2S. The van der Waals surface area contributed by atoms with Gasteiger partial charge in [0.05, 0.1) is 30.4 Å². The van der Waals surface area contributed by atoms with Crippen molar-refractivity contribution >= 4 is 15.7 Å². The maximum atomic E-state index is 11.5. The first kappa shape index (κ1) is 11.3. The van der Waals surface area contributed by atoms with E-state index in [4.69, 9.17) is 0 Å². The molecule has 0 bridgehead atoms. The van der Waals surface area contributed by atoms with Gasteiger partial charge in [-0.05, 0) is 6.92 Å². The molecule has 1 aromatic rings. The number of rotatable bonds is 1. The molecule has 0 unspecified atom stereocenters. The minimum Gasteiger partial charge on any atom is -0.381 e. The summed E-state index contributed by atoms with van der Waals surface area (Å²) in [6.07, 6.45) is 2.91. The first-order valence-corrected chi connectivity index (χ1v) is 6.83. The quantitative estimate of drug-likeness (QED) is 0.748. The summed E-state index contributed by atoms with van der Waals surface area (Å²) in [6, 6.07) is 0. The lowest BCUT2D eigenvalue weighted by Crippen LogP contribution is -2.31. The molecule has 0 amide bonds. The number of hydrogen-bond acceptors (Lipinski definition) is 5. The summed E-state index contributed by atoms with van der Waals surface area (Å²) in [5, 5.41) is 3.12. The molecule has 16 heavy (non-hydrogen) atoms. The third-order valence-corrected chi connectivity index (χ3v) is 3.71. The third kappa shape index (κ3) is 2.30. The molecule has 1 aromatic heterocycles. The zero-order chi connectivity index (χ0) is 11.8. The van der Waals surface area contributed by atoms with Crippen LogP contribution in [-0.4, -0.2) is 42.0 Å². The molecule has 0 radical (unpaired) electrons. The lowest BCUT2D eigenvalue weighted by molar-refractivity contribution is 0.423. The number of fused-ring (bicyclic) bond motifs is 1. The van der Waals surface area contributed by atoms with Crippen LogP contribution in [0.1, 0.15) is 11.5 Å². The Balaban J connectivity index is 2.37. The second-order valence-corrected chi connectivity index (χ2v) is 5.78. The molecule has 0 aromatic carbocycles. The van der Waals surface area contributed by atoms with Crippen LogP contribution in [0.5, 0.6) is 0 Å². The molecule has 0 aliphatic carbocycles. The van der Waals surface area contributed by atoms with Crippen LogP contribution >= 0.6 is 0 Å². The highest BCUT2D eigenvalue weighted by molar-refractivity contribution is 7.88. The van der Waals surface area contributed by atoms with Crippen LogP contribution < -0.4 is 5.32 Å². The van der Waals surface area contributed by atoms with Gasteiger partial charge in [-0.15, -0.1) is 0 Å². The summed E-state index contributed by atoms with van der Waals surface area (Å²) in [7, 11) is -3.17. The molecule has 0 atom stereocenters. The van der Waals surface area contributed by atoms with Crippen LogP contribution in [0.15, 0.2) is 6.20 Å². The fraction of sp³-hybridized carbons (Fsp3) is 0.556. The molecule has 1 aliphatic rings. The summed E-state index contributed by atoms with van der Waals surface area (Å²) in [5.74, 6) is 0.649. The molecule has 0 saturated heterocycles. The van der Waals surface area contributed by atoms with Crippen LogP contribution in [0.25, 0.3) is 0 Å². The van der Waals surface area contributed by atoms with Gasteiger partial charge >= 0.3 is 0 Å². The van der Waals surface area contributed by atoms with E-state index in [9.17, 15) is 8.42 Å². The summed E-state index contributed by atoms with van der Waals surface area (Å²) in [6.45, 7) is 3.13. The largest absolute Gasteiger partial charge is 0.381 e. The van der Waals surface area contributed by atoms with Gasteiger partial charge in [0, 0.05) is 13.1 Å². The fourth-order valence-corrected chi connectivity index (χ4v) is 2.41. The topological polar surface area (TPSA) is 75.2 Å². The smallest absolute Gasteiger partial charge is 0.211 e. The number of nitrogens with one attached hydrogen (secondary N) is 1. The van der Waals surface area contributed by atoms with Crippen molar-refractivity contribution in [2.75, 3.05) is 24.7 Å². The van der Waals surface area contributed by atoms with Gasteiger partial charge in [-0.25, -0.2) is 18.4 Å². The van der Waals surface area contributed by atoms with E-state index in [1.807, 2.05) is 0 Å². The number of hydrogen-bond donors (Lipinski definition) is 1. The van der Waals surface area contributed by atoms with Crippen LogP contribution in [0.2, 0.25) is 0 Å². The van der Waals surface area contributed by atoms with Gasteiger partial charge in [0.25, 0.3) is 0 Å². The molecule has 2 rings (SSSR count). The third-order valence-electron chi connectivity index (χ3n) is 2.46. The molecule has 0 fully saturated rings. The van der Waals surface area contributed by atoms with E-state index in [1.54, 1.807) is 13.1 Å². The summed E-state index contributed by atoms with van der Waals surface area (Å²) in [4.78, 5) is 8.34. The SMILES string of the molecule is Cc1ncc2c(n1)CN(S(C)(=O)=O)CCN2. The van der Waals surface area contributed by atoms with Gasteiger partial charge in [0.2, 0.25) is 10.0 Å². The maximum absolute atomic E-state index is 11.5. The van der Waals surface area contributed by atoms with Crippen molar-refractivity contribution in [3.63, 3.8) is 0 Å². The van der Waals surface area contributed by atoms with Gasteiger partial charge < -0.3 is 5.32 Å². The van der Waals surface area contributed by atoms with E-state index in [2.05, 4.69) is 15.3 Å². The zero-order valence-corrected chi connectivity index (χ0v) is 10.1. The maximum Gasteiger partial charge on any atom is 0.211 e. The predicted molar refractivity (Wildman–Crippen MR) is 60.5 cm³/mol. The van der Waals surface area contributed by atoms with Crippen LogP contribution in [-0.2, 0) is 16.6 Å². The van der Waals surface area contributed by atoms with E-state index in [0.29, 0.717) is 25.5 Å². The minimum absolute atomic E-state index is 0.310. The Labute approximate surface area is 94.8 Å². The normalized spacial score (nSPS) is 17.4. The van der Waals surface area contributed by atoms with Crippen molar-refractivity contribution in [3.05, 3.63) is 17.7 Å². The van der Waals surface area contributed by atoms with Crippen molar-refractivity contribution in [1.82, 2.24) is 14.3 Å².